The van der Waals surface area contributed by atoms with Crippen LogP contribution in [0.25, 0.3) is 0 Å². The van der Waals surface area contributed by atoms with Crippen molar-refractivity contribution in [2.45, 2.75) is 33.6 Å². The first-order valence-corrected chi connectivity index (χ1v) is 10.8. The molecule has 2 aromatic rings. The van der Waals surface area contributed by atoms with Gasteiger partial charge in [-0.25, -0.2) is 0 Å². The molecule has 0 saturated carbocycles. The number of anilines is 1. The van der Waals surface area contributed by atoms with Gasteiger partial charge in [0.15, 0.2) is 0 Å². The lowest BCUT2D eigenvalue weighted by atomic mass is 10.1. The third-order valence-electron chi connectivity index (χ3n) is 5.29. The van der Waals surface area contributed by atoms with Crippen LogP contribution in [0.2, 0.25) is 0 Å². The summed E-state index contributed by atoms with van der Waals surface area (Å²) in [6.45, 7) is 12.6. The average molecular weight is 386 g/mol. The summed E-state index contributed by atoms with van der Waals surface area (Å²) in [6, 6.07) is 10.8. The molecule has 0 unspecified atom stereocenters. The largest absolute Gasteiger partial charge is 0.396 e. The maximum atomic E-state index is 5.32. The molecule has 0 atom stereocenters. The molecule has 146 valence electrons. The minimum atomic E-state index is 0.620. The molecule has 2 heterocycles. The number of piperazine rings is 1. The van der Waals surface area contributed by atoms with Gasteiger partial charge in [-0.05, 0) is 68.8 Å². The molecular formula is C22H31N3OS. The fourth-order valence-corrected chi connectivity index (χ4v) is 4.30. The summed E-state index contributed by atoms with van der Waals surface area (Å²) < 4.78 is 0. The Kier molecular flexibility index (Phi) is 7.30. The molecule has 0 N–H and O–H groups in total. The highest BCUT2D eigenvalue weighted by Crippen LogP contribution is 2.24. The maximum absolute atomic E-state index is 5.32. The van der Waals surface area contributed by atoms with Crippen LogP contribution in [0.5, 0.6) is 0 Å². The molecule has 1 fully saturated rings. The van der Waals surface area contributed by atoms with Crippen LogP contribution < -0.4 is 4.90 Å². The van der Waals surface area contributed by atoms with Crippen molar-refractivity contribution < 1.29 is 4.84 Å². The Morgan fingerprint density at radius 3 is 2.63 bits per heavy atom. The summed E-state index contributed by atoms with van der Waals surface area (Å²) in [5.41, 5.74) is 5.28. The third-order valence-corrected chi connectivity index (χ3v) is 6.21. The lowest BCUT2D eigenvalue weighted by Crippen LogP contribution is -2.46. The lowest BCUT2D eigenvalue weighted by molar-refractivity contribution is 0.158. The summed E-state index contributed by atoms with van der Waals surface area (Å²) >= 11 is 1.74. The summed E-state index contributed by atoms with van der Waals surface area (Å²) in [6.07, 6.45) is 2.09. The third kappa shape index (κ3) is 5.33. The minimum Gasteiger partial charge on any atom is -0.396 e. The Hall–Kier alpha value is -1.85. The molecule has 1 aliphatic heterocycles. The van der Waals surface area contributed by atoms with E-state index < -0.39 is 0 Å². The molecule has 0 bridgehead atoms. The first-order chi connectivity index (χ1) is 13.2. The van der Waals surface area contributed by atoms with Gasteiger partial charge in [-0.3, -0.25) is 4.90 Å². The van der Waals surface area contributed by atoms with Crippen molar-refractivity contribution in [1.82, 2.24) is 4.90 Å². The second-order valence-corrected chi connectivity index (χ2v) is 8.03. The van der Waals surface area contributed by atoms with Crippen LogP contribution in [0.1, 0.15) is 35.8 Å². The van der Waals surface area contributed by atoms with Gasteiger partial charge in [0.05, 0.1) is 10.6 Å². The van der Waals surface area contributed by atoms with Crippen molar-refractivity contribution in [3.63, 3.8) is 0 Å². The van der Waals surface area contributed by atoms with Gasteiger partial charge in [0, 0.05) is 31.9 Å². The highest BCUT2D eigenvalue weighted by Gasteiger charge is 2.18. The van der Waals surface area contributed by atoms with E-state index in [2.05, 4.69) is 64.5 Å². The minimum absolute atomic E-state index is 0.620. The molecule has 0 spiro atoms. The SMILES string of the molecule is CCON=C(CCCN1CCN(c2cccc(C)c2C)CC1)c1cccs1. The smallest absolute Gasteiger partial charge is 0.114 e. The first kappa shape index (κ1) is 19.9. The van der Waals surface area contributed by atoms with E-state index in [1.807, 2.05) is 6.92 Å². The number of hydrogen-bond donors (Lipinski definition) is 0. The quantitative estimate of drug-likeness (QED) is 0.487. The second-order valence-electron chi connectivity index (χ2n) is 7.08. The van der Waals surface area contributed by atoms with Crippen molar-refractivity contribution in [1.29, 1.82) is 0 Å². The van der Waals surface area contributed by atoms with Gasteiger partial charge in [-0.1, -0.05) is 23.4 Å². The van der Waals surface area contributed by atoms with Crippen molar-refractivity contribution >= 4 is 22.7 Å². The fraction of sp³-hybridized carbons (Fsp3) is 0.500. The summed E-state index contributed by atoms with van der Waals surface area (Å²) in [5.74, 6) is 0. The molecule has 0 radical (unpaired) electrons. The molecule has 0 aliphatic carbocycles. The topological polar surface area (TPSA) is 28.1 Å². The van der Waals surface area contributed by atoms with Gasteiger partial charge in [0.1, 0.15) is 6.61 Å². The number of aryl methyl sites for hydroxylation is 1. The number of benzene rings is 1. The van der Waals surface area contributed by atoms with Crippen molar-refractivity contribution in [2.75, 3.05) is 44.2 Å². The Bertz CT molecular complexity index is 734. The van der Waals surface area contributed by atoms with Gasteiger partial charge in [-0.2, -0.15) is 0 Å². The molecule has 0 amide bonds. The molecule has 4 nitrogen and oxygen atoms in total. The van der Waals surface area contributed by atoms with Gasteiger partial charge in [-0.15, -0.1) is 11.3 Å². The van der Waals surface area contributed by atoms with Crippen molar-refractivity contribution in [3.05, 3.63) is 51.7 Å². The van der Waals surface area contributed by atoms with Crippen LogP contribution in [-0.2, 0) is 4.84 Å². The van der Waals surface area contributed by atoms with Crippen LogP contribution >= 0.6 is 11.3 Å². The predicted octanol–water partition coefficient (Wildman–Crippen LogP) is 4.71. The number of oxime groups is 1. The van der Waals surface area contributed by atoms with Crippen LogP contribution in [0.15, 0.2) is 40.9 Å². The number of hydrogen-bond acceptors (Lipinski definition) is 5. The number of nitrogens with zero attached hydrogens (tertiary/aromatic N) is 3. The lowest BCUT2D eigenvalue weighted by Gasteiger charge is -2.37. The summed E-state index contributed by atoms with van der Waals surface area (Å²) in [5, 5.41) is 6.44. The molecule has 1 aromatic heterocycles. The molecule has 27 heavy (non-hydrogen) atoms. The van der Waals surface area contributed by atoms with E-state index in [-0.39, 0.29) is 0 Å². The average Bonchev–Trinajstić information content (AvgIpc) is 3.22. The van der Waals surface area contributed by atoms with E-state index in [1.54, 1.807) is 11.3 Å². The number of rotatable bonds is 8. The molecule has 1 aromatic carbocycles. The van der Waals surface area contributed by atoms with E-state index in [4.69, 9.17) is 4.84 Å². The highest BCUT2D eigenvalue weighted by atomic mass is 32.1. The molecule has 3 rings (SSSR count). The summed E-state index contributed by atoms with van der Waals surface area (Å²) in [7, 11) is 0. The van der Waals surface area contributed by atoms with E-state index in [1.165, 1.54) is 21.7 Å². The van der Waals surface area contributed by atoms with Gasteiger partial charge >= 0.3 is 0 Å². The van der Waals surface area contributed by atoms with Crippen molar-refractivity contribution in [3.8, 4) is 0 Å². The van der Waals surface area contributed by atoms with E-state index in [0.29, 0.717) is 6.61 Å². The Balaban J connectivity index is 1.47. The normalized spacial score (nSPS) is 16.0. The van der Waals surface area contributed by atoms with Gasteiger partial charge < -0.3 is 9.74 Å². The second kappa shape index (κ2) is 9.90. The van der Waals surface area contributed by atoms with Crippen LogP contribution in [0.3, 0.4) is 0 Å². The van der Waals surface area contributed by atoms with E-state index in [9.17, 15) is 0 Å². The first-order valence-electron chi connectivity index (χ1n) is 9.95. The Morgan fingerprint density at radius 1 is 1.11 bits per heavy atom. The van der Waals surface area contributed by atoms with E-state index >= 15 is 0 Å². The molecule has 1 aliphatic rings. The highest BCUT2D eigenvalue weighted by molar-refractivity contribution is 7.12. The fourth-order valence-electron chi connectivity index (χ4n) is 3.56. The predicted molar refractivity (Wildman–Crippen MR) is 116 cm³/mol. The van der Waals surface area contributed by atoms with Crippen molar-refractivity contribution in [2.24, 2.45) is 5.16 Å². The Morgan fingerprint density at radius 2 is 1.93 bits per heavy atom. The zero-order chi connectivity index (χ0) is 19.1. The Labute approximate surface area is 167 Å². The standard InChI is InChI=1S/C22H31N3OS/c1-4-26-23-20(22-11-7-17-27-22)9-6-12-24-13-15-25(16-14-24)21-10-5-8-18(2)19(21)3/h5,7-8,10-11,17H,4,6,9,12-16H2,1-3H3. The molecule has 1 saturated heterocycles. The zero-order valence-electron chi connectivity index (χ0n) is 16.8. The van der Waals surface area contributed by atoms with Gasteiger partial charge in [0.25, 0.3) is 0 Å². The molecular weight excluding hydrogens is 354 g/mol. The van der Waals surface area contributed by atoms with E-state index in [0.717, 1.165) is 51.3 Å². The number of thiophene rings is 1. The molecule has 5 heteroatoms. The zero-order valence-corrected chi connectivity index (χ0v) is 17.6. The monoisotopic (exact) mass is 385 g/mol. The van der Waals surface area contributed by atoms with Gasteiger partial charge in [0.2, 0.25) is 0 Å². The summed E-state index contributed by atoms with van der Waals surface area (Å²) in [4.78, 5) is 11.7. The van der Waals surface area contributed by atoms with Crippen LogP contribution in [0.4, 0.5) is 5.69 Å². The van der Waals surface area contributed by atoms with Crippen LogP contribution in [0, 0.1) is 13.8 Å². The maximum Gasteiger partial charge on any atom is 0.114 e. The van der Waals surface area contributed by atoms with Crippen LogP contribution in [-0.4, -0.2) is 49.9 Å².